The van der Waals surface area contributed by atoms with E-state index < -0.39 is 27.3 Å². The molecule has 1 N–H and O–H groups in total. The second-order valence-electron chi connectivity index (χ2n) is 8.29. The molecule has 1 heterocycles. The number of esters is 1. The van der Waals surface area contributed by atoms with Gasteiger partial charge < -0.3 is 9.64 Å². The van der Waals surface area contributed by atoms with E-state index >= 15 is 0 Å². The van der Waals surface area contributed by atoms with Gasteiger partial charge in [-0.25, -0.2) is 13.2 Å². The molecule has 166 valence electrons. The van der Waals surface area contributed by atoms with Gasteiger partial charge in [-0.05, 0) is 54.7 Å². The maximum atomic E-state index is 13.1. The molecule has 2 aromatic rings. The van der Waals surface area contributed by atoms with Crippen LogP contribution >= 0.6 is 0 Å². The van der Waals surface area contributed by atoms with Gasteiger partial charge in [-0.15, -0.1) is 0 Å². The third-order valence-electron chi connectivity index (χ3n) is 5.45. The van der Waals surface area contributed by atoms with Gasteiger partial charge in [-0.3, -0.25) is 9.52 Å². The number of rotatable bonds is 7. The highest BCUT2D eigenvalue weighted by Crippen LogP contribution is 2.32. The van der Waals surface area contributed by atoms with Gasteiger partial charge in [0.25, 0.3) is 5.91 Å². The standard InChI is InChI=1S/C23H28N2O5S/c1-14(2)21(23(27)30-5)25-13-18-7-6-17(12-20(18)22(25)26)16-8-10-19(11-9-16)24-31(28,29)15(3)4/h6-12,14-15,21,24H,13H2,1-5H3/t21-/m0/s1. The second kappa shape index (κ2) is 8.70. The number of carbonyl (C=O) groups is 2. The van der Waals surface area contributed by atoms with Gasteiger partial charge in [0.1, 0.15) is 6.04 Å². The van der Waals surface area contributed by atoms with Crippen LogP contribution in [0.2, 0.25) is 0 Å². The van der Waals surface area contributed by atoms with Crippen molar-refractivity contribution in [3.63, 3.8) is 0 Å². The van der Waals surface area contributed by atoms with Crippen molar-refractivity contribution in [2.24, 2.45) is 5.92 Å². The summed E-state index contributed by atoms with van der Waals surface area (Å²) >= 11 is 0. The fourth-order valence-electron chi connectivity index (χ4n) is 3.62. The smallest absolute Gasteiger partial charge is 0.328 e. The largest absolute Gasteiger partial charge is 0.467 e. The van der Waals surface area contributed by atoms with E-state index in [2.05, 4.69) is 4.72 Å². The highest BCUT2D eigenvalue weighted by atomic mass is 32.2. The molecule has 0 unspecified atom stereocenters. The summed E-state index contributed by atoms with van der Waals surface area (Å²) in [5.74, 6) is -0.689. The molecule has 0 saturated carbocycles. The molecule has 0 fully saturated rings. The van der Waals surface area contributed by atoms with E-state index in [-0.39, 0.29) is 11.8 Å². The SMILES string of the molecule is COC(=O)[C@H](C(C)C)N1Cc2ccc(-c3ccc(NS(=O)(=O)C(C)C)cc3)cc2C1=O. The molecule has 0 aromatic heterocycles. The van der Waals surface area contributed by atoms with Crippen molar-refractivity contribution < 1.29 is 22.7 Å². The summed E-state index contributed by atoms with van der Waals surface area (Å²) in [5, 5.41) is -0.530. The maximum Gasteiger partial charge on any atom is 0.328 e. The molecule has 2 aromatic carbocycles. The van der Waals surface area contributed by atoms with Crippen LogP contribution in [0, 0.1) is 5.92 Å². The molecule has 7 nitrogen and oxygen atoms in total. The summed E-state index contributed by atoms with van der Waals surface area (Å²) < 4.78 is 31.5. The van der Waals surface area contributed by atoms with E-state index in [1.807, 2.05) is 44.2 Å². The Hall–Kier alpha value is -2.87. The van der Waals surface area contributed by atoms with Gasteiger partial charge in [-0.1, -0.05) is 38.1 Å². The average Bonchev–Trinajstić information content (AvgIpc) is 3.03. The lowest BCUT2D eigenvalue weighted by Crippen LogP contribution is -2.45. The highest BCUT2D eigenvalue weighted by Gasteiger charge is 2.38. The molecule has 0 radical (unpaired) electrons. The monoisotopic (exact) mass is 444 g/mol. The molecule has 1 aliphatic rings. The summed E-state index contributed by atoms with van der Waals surface area (Å²) in [4.78, 5) is 26.9. The summed E-state index contributed by atoms with van der Waals surface area (Å²) in [6, 6.07) is 12.0. The van der Waals surface area contributed by atoms with Crippen molar-refractivity contribution >= 4 is 27.6 Å². The van der Waals surface area contributed by atoms with Crippen LogP contribution in [-0.2, 0) is 26.1 Å². The molecule has 0 aliphatic carbocycles. The van der Waals surface area contributed by atoms with Crippen LogP contribution in [0.25, 0.3) is 11.1 Å². The second-order valence-corrected chi connectivity index (χ2v) is 10.5. The molecular formula is C23H28N2O5S. The predicted octanol–water partition coefficient (Wildman–Crippen LogP) is 3.66. The zero-order valence-corrected chi connectivity index (χ0v) is 19.2. The topological polar surface area (TPSA) is 92.8 Å². The number of nitrogens with zero attached hydrogens (tertiary/aromatic N) is 1. The Bertz CT molecular complexity index is 1090. The third kappa shape index (κ3) is 4.58. The number of hydrogen-bond donors (Lipinski definition) is 1. The number of anilines is 1. The number of nitrogens with one attached hydrogen (secondary N) is 1. The molecule has 1 atom stereocenters. The lowest BCUT2D eigenvalue weighted by Gasteiger charge is -2.28. The lowest BCUT2D eigenvalue weighted by atomic mass is 10.0. The molecule has 31 heavy (non-hydrogen) atoms. The molecule has 3 rings (SSSR count). The minimum Gasteiger partial charge on any atom is -0.467 e. The van der Waals surface area contributed by atoms with Crippen molar-refractivity contribution in [2.75, 3.05) is 11.8 Å². The van der Waals surface area contributed by atoms with Crippen molar-refractivity contribution in [3.05, 3.63) is 53.6 Å². The van der Waals surface area contributed by atoms with Gasteiger partial charge in [0.05, 0.1) is 12.4 Å². The third-order valence-corrected chi connectivity index (χ3v) is 7.21. The molecular weight excluding hydrogens is 416 g/mol. The van der Waals surface area contributed by atoms with E-state index in [9.17, 15) is 18.0 Å². The Kier molecular flexibility index (Phi) is 6.40. The minimum atomic E-state index is -3.41. The highest BCUT2D eigenvalue weighted by molar-refractivity contribution is 7.93. The number of methoxy groups -OCH3 is 1. The first-order chi connectivity index (χ1) is 14.5. The fraction of sp³-hybridized carbons (Fsp3) is 0.391. The summed E-state index contributed by atoms with van der Waals surface area (Å²) in [5.41, 5.74) is 3.61. The first kappa shape index (κ1) is 22.8. The molecule has 1 aliphatic heterocycles. The van der Waals surface area contributed by atoms with Gasteiger partial charge in [0.2, 0.25) is 10.0 Å². The van der Waals surface area contributed by atoms with Crippen LogP contribution in [0.3, 0.4) is 0 Å². The van der Waals surface area contributed by atoms with Crippen molar-refractivity contribution in [3.8, 4) is 11.1 Å². The Labute approximate surface area is 183 Å². The minimum absolute atomic E-state index is 0.0765. The van der Waals surface area contributed by atoms with E-state index in [0.29, 0.717) is 17.8 Å². The number of carbonyl (C=O) groups excluding carboxylic acids is 2. The van der Waals surface area contributed by atoms with Crippen LogP contribution in [-0.4, -0.2) is 43.6 Å². The Morgan fingerprint density at radius 3 is 2.19 bits per heavy atom. The van der Waals surface area contributed by atoms with Gasteiger partial charge in [0.15, 0.2) is 0 Å². The first-order valence-corrected chi connectivity index (χ1v) is 11.7. The van der Waals surface area contributed by atoms with E-state index in [0.717, 1.165) is 16.7 Å². The quantitative estimate of drug-likeness (QED) is 0.658. The van der Waals surface area contributed by atoms with Gasteiger partial charge >= 0.3 is 5.97 Å². The molecule has 1 amide bonds. The molecule has 8 heteroatoms. The van der Waals surface area contributed by atoms with Crippen LogP contribution in [0.15, 0.2) is 42.5 Å². The average molecular weight is 445 g/mol. The Morgan fingerprint density at radius 1 is 1.03 bits per heavy atom. The number of fused-ring (bicyclic) bond motifs is 1. The normalized spacial score (nSPS) is 14.7. The zero-order chi connectivity index (χ0) is 22.9. The fourth-order valence-corrected chi connectivity index (χ4v) is 4.32. The maximum absolute atomic E-state index is 13.1. The van der Waals surface area contributed by atoms with E-state index in [1.54, 1.807) is 30.9 Å². The summed E-state index contributed by atoms with van der Waals surface area (Å²) in [6.45, 7) is 7.37. The number of amides is 1. The van der Waals surface area contributed by atoms with Gasteiger partial charge in [-0.2, -0.15) is 0 Å². The van der Waals surface area contributed by atoms with Gasteiger partial charge in [0, 0.05) is 17.8 Å². The van der Waals surface area contributed by atoms with Crippen molar-refractivity contribution in [2.45, 2.75) is 45.5 Å². The Morgan fingerprint density at radius 2 is 1.65 bits per heavy atom. The van der Waals surface area contributed by atoms with E-state index in [4.69, 9.17) is 4.74 Å². The zero-order valence-electron chi connectivity index (χ0n) is 18.4. The van der Waals surface area contributed by atoms with Crippen molar-refractivity contribution in [1.29, 1.82) is 0 Å². The lowest BCUT2D eigenvalue weighted by molar-refractivity contribution is -0.147. The van der Waals surface area contributed by atoms with Crippen LogP contribution in [0.5, 0.6) is 0 Å². The van der Waals surface area contributed by atoms with Crippen LogP contribution < -0.4 is 4.72 Å². The molecule has 0 saturated heterocycles. The summed E-state index contributed by atoms with van der Waals surface area (Å²) in [6.07, 6.45) is 0. The van der Waals surface area contributed by atoms with Crippen LogP contribution in [0.1, 0.15) is 43.6 Å². The van der Waals surface area contributed by atoms with Crippen LogP contribution in [0.4, 0.5) is 5.69 Å². The first-order valence-electron chi connectivity index (χ1n) is 10.2. The predicted molar refractivity (Wildman–Crippen MR) is 120 cm³/mol. The molecule has 0 spiro atoms. The number of ether oxygens (including phenoxy) is 1. The Balaban J connectivity index is 1.85. The van der Waals surface area contributed by atoms with Crippen molar-refractivity contribution in [1.82, 2.24) is 4.90 Å². The number of hydrogen-bond acceptors (Lipinski definition) is 5. The number of benzene rings is 2. The number of sulfonamides is 1. The summed E-state index contributed by atoms with van der Waals surface area (Å²) in [7, 11) is -2.08. The molecule has 0 bridgehead atoms. The van der Waals surface area contributed by atoms with E-state index in [1.165, 1.54) is 7.11 Å².